The van der Waals surface area contributed by atoms with E-state index in [1.54, 1.807) is 31.2 Å². The molecule has 3 aromatic rings. The van der Waals surface area contributed by atoms with Gasteiger partial charge in [-0.05, 0) is 41.6 Å². The Morgan fingerprint density at radius 1 is 1.29 bits per heavy atom. The standard InChI is InChI=1S/C11H11N7O2S/c1-8-13-16-17-18(8)10-4-2-3-9(7-10)15-21(19,20)11-5-6-12-14-11/h2-7,15H,1H3,(H,12,14). The average Bonchev–Trinajstić information content (AvgIpc) is 3.09. The molecular formula is C11H11N7O2S. The molecule has 0 aliphatic carbocycles. The number of hydrogen-bond acceptors (Lipinski definition) is 6. The molecule has 0 saturated carbocycles. The Bertz CT molecular complexity index is 854. The smallest absolute Gasteiger partial charge is 0.278 e. The molecule has 9 nitrogen and oxygen atoms in total. The molecule has 0 radical (unpaired) electrons. The predicted octanol–water partition coefficient (Wildman–Crippen LogP) is 0.495. The molecule has 0 saturated heterocycles. The Morgan fingerprint density at radius 3 is 2.81 bits per heavy atom. The number of sulfonamides is 1. The average molecular weight is 305 g/mol. The highest BCUT2D eigenvalue weighted by molar-refractivity contribution is 7.92. The fourth-order valence-electron chi connectivity index (χ4n) is 1.77. The number of rotatable bonds is 4. The number of aryl methyl sites for hydroxylation is 1. The molecule has 2 N–H and O–H groups in total. The maximum absolute atomic E-state index is 12.1. The molecule has 21 heavy (non-hydrogen) atoms. The number of aromatic amines is 1. The minimum absolute atomic E-state index is 0.00786. The van der Waals surface area contributed by atoms with Crippen molar-refractivity contribution < 1.29 is 8.42 Å². The zero-order chi connectivity index (χ0) is 14.9. The second-order valence-corrected chi connectivity index (χ2v) is 5.87. The van der Waals surface area contributed by atoms with Crippen LogP contribution in [0.1, 0.15) is 5.82 Å². The number of nitrogens with one attached hydrogen (secondary N) is 2. The summed E-state index contributed by atoms with van der Waals surface area (Å²) in [5.74, 6) is 0.601. The number of anilines is 1. The summed E-state index contributed by atoms with van der Waals surface area (Å²) in [5.41, 5.74) is 1.05. The van der Waals surface area contributed by atoms with Crippen molar-refractivity contribution in [2.45, 2.75) is 11.9 Å². The van der Waals surface area contributed by atoms with Gasteiger partial charge in [0, 0.05) is 0 Å². The van der Waals surface area contributed by atoms with E-state index in [1.807, 2.05) is 0 Å². The van der Waals surface area contributed by atoms with Gasteiger partial charge in [-0.1, -0.05) is 6.07 Å². The van der Waals surface area contributed by atoms with Crippen LogP contribution < -0.4 is 4.72 Å². The van der Waals surface area contributed by atoms with E-state index in [0.29, 0.717) is 17.2 Å². The maximum atomic E-state index is 12.1. The van der Waals surface area contributed by atoms with Crippen molar-refractivity contribution in [2.75, 3.05) is 4.72 Å². The lowest BCUT2D eigenvalue weighted by atomic mass is 10.3. The number of tetrazole rings is 1. The molecule has 3 rings (SSSR count). The van der Waals surface area contributed by atoms with Crippen LogP contribution in [0.2, 0.25) is 0 Å². The number of hydrogen-bond donors (Lipinski definition) is 2. The van der Waals surface area contributed by atoms with Crippen LogP contribution in [0.3, 0.4) is 0 Å². The third kappa shape index (κ3) is 2.60. The summed E-state index contributed by atoms with van der Waals surface area (Å²) in [6.07, 6.45) is 1.37. The summed E-state index contributed by atoms with van der Waals surface area (Å²) >= 11 is 0. The minimum Gasteiger partial charge on any atom is -0.278 e. The van der Waals surface area contributed by atoms with Crippen LogP contribution in [0, 0.1) is 6.92 Å². The topological polar surface area (TPSA) is 118 Å². The van der Waals surface area contributed by atoms with Gasteiger partial charge in [-0.2, -0.15) is 18.2 Å². The summed E-state index contributed by atoms with van der Waals surface area (Å²) in [4.78, 5) is 0. The molecule has 2 aromatic heterocycles. The van der Waals surface area contributed by atoms with Crippen LogP contribution in [0.25, 0.3) is 5.69 Å². The molecule has 2 heterocycles. The van der Waals surface area contributed by atoms with Crippen molar-refractivity contribution in [2.24, 2.45) is 0 Å². The highest BCUT2D eigenvalue weighted by atomic mass is 32.2. The molecule has 108 valence electrons. The first-order valence-corrected chi connectivity index (χ1v) is 7.42. The molecule has 0 spiro atoms. The van der Waals surface area contributed by atoms with Gasteiger partial charge in [-0.15, -0.1) is 5.10 Å². The van der Waals surface area contributed by atoms with Crippen molar-refractivity contribution in [3.8, 4) is 5.69 Å². The van der Waals surface area contributed by atoms with Gasteiger partial charge in [0.2, 0.25) is 0 Å². The van der Waals surface area contributed by atoms with Crippen molar-refractivity contribution in [1.29, 1.82) is 0 Å². The molecule has 1 aromatic carbocycles. The summed E-state index contributed by atoms with van der Waals surface area (Å²) in [5, 5.41) is 17.2. The van der Waals surface area contributed by atoms with Gasteiger partial charge in [0.25, 0.3) is 10.0 Å². The van der Waals surface area contributed by atoms with Crippen molar-refractivity contribution in [3.63, 3.8) is 0 Å². The summed E-state index contributed by atoms with van der Waals surface area (Å²) < 4.78 is 28.2. The minimum atomic E-state index is -3.69. The van der Waals surface area contributed by atoms with Gasteiger partial charge >= 0.3 is 0 Å². The Balaban J connectivity index is 1.93. The first kappa shape index (κ1) is 13.2. The molecule has 0 bridgehead atoms. The zero-order valence-electron chi connectivity index (χ0n) is 10.9. The lowest BCUT2D eigenvalue weighted by Crippen LogP contribution is -2.13. The monoisotopic (exact) mass is 305 g/mol. The van der Waals surface area contributed by atoms with Gasteiger partial charge in [-0.25, -0.2) is 0 Å². The van der Waals surface area contributed by atoms with Gasteiger partial charge in [0.15, 0.2) is 10.9 Å². The largest absolute Gasteiger partial charge is 0.278 e. The molecule has 0 fully saturated rings. The number of aromatic nitrogens is 6. The van der Waals surface area contributed by atoms with Crippen LogP contribution in [0.4, 0.5) is 5.69 Å². The molecular weight excluding hydrogens is 294 g/mol. The quantitative estimate of drug-likeness (QED) is 0.724. The van der Waals surface area contributed by atoms with Crippen LogP contribution in [-0.4, -0.2) is 38.8 Å². The second-order valence-electron chi connectivity index (χ2n) is 4.21. The molecule has 0 atom stereocenters. The van der Waals surface area contributed by atoms with E-state index in [4.69, 9.17) is 0 Å². The SMILES string of the molecule is Cc1nnnn1-c1cccc(NS(=O)(=O)c2ccn[nH]2)c1. The van der Waals surface area contributed by atoms with Gasteiger partial charge in [0.05, 0.1) is 17.6 Å². The highest BCUT2D eigenvalue weighted by Crippen LogP contribution is 2.17. The molecule has 0 aliphatic heterocycles. The van der Waals surface area contributed by atoms with E-state index in [2.05, 4.69) is 30.4 Å². The molecule has 0 aliphatic rings. The highest BCUT2D eigenvalue weighted by Gasteiger charge is 2.16. The molecule has 0 unspecified atom stereocenters. The van der Waals surface area contributed by atoms with Crippen LogP contribution >= 0.6 is 0 Å². The fraction of sp³-hybridized carbons (Fsp3) is 0.0909. The number of H-pyrrole nitrogens is 1. The lowest BCUT2D eigenvalue weighted by Gasteiger charge is -2.08. The van der Waals surface area contributed by atoms with Crippen LogP contribution in [-0.2, 0) is 10.0 Å². The van der Waals surface area contributed by atoms with Crippen molar-refractivity contribution >= 4 is 15.7 Å². The molecule has 10 heteroatoms. The lowest BCUT2D eigenvalue weighted by molar-refractivity contribution is 0.597. The second kappa shape index (κ2) is 4.98. The first-order valence-electron chi connectivity index (χ1n) is 5.94. The maximum Gasteiger partial charge on any atom is 0.278 e. The zero-order valence-corrected chi connectivity index (χ0v) is 11.7. The Labute approximate surface area is 120 Å². The van der Waals surface area contributed by atoms with Gasteiger partial charge in [-0.3, -0.25) is 9.82 Å². The first-order chi connectivity index (χ1) is 10.1. The van der Waals surface area contributed by atoms with Gasteiger partial charge in [0.1, 0.15) is 0 Å². The molecule has 0 amide bonds. The van der Waals surface area contributed by atoms with Crippen molar-refractivity contribution in [3.05, 3.63) is 42.4 Å². The Morgan fingerprint density at radius 2 is 2.14 bits per heavy atom. The Hall–Kier alpha value is -2.75. The number of benzene rings is 1. The Kier molecular flexibility index (Phi) is 3.14. The summed E-state index contributed by atoms with van der Waals surface area (Å²) in [6, 6.07) is 8.13. The third-order valence-corrected chi connectivity index (χ3v) is 4.04. The van der Waals surface area contributed by atoms with Crippen molar-refractivity contribution in [1.82, 2.24) is 30.4 Å². The van der Waals surface area contributed by atoms with E-state index < -0.39 is 10.0 Å². The third-order valence-electron chi connectivity index (χ3n) is 2.73. The number of nitrogens with zero attached hydrogens (tertiary/aromatic N) is 5. The van der Waals surface area contributed by atoms with Crippen LogP contribution in [0.5, 0.6) is 0 Å². The normalized spacial score (nSPS) is 11.5. The van der Waals surface area contributed by atoms with E-state index in [1.165, 1.54) is 16.9 Å². The van der Waals surface area contributed by atoms with E-state index in [-0.39, 0.29) is 5.03 Å². The fourth-order valence-corrected chi connectivity index (χ4v) is 2.73. The van der Waals surface area contributed by atoms with Gasteiger partial charge < -0.3 is 0 Å². The van der Waals surface area contributed by atoms with E-state index >= 15 is 0 Å². The van der Waals surface area contributed by atoms with E-state index in [0.717, 1.165) is 0 Å². The summed E-state index contributed by atoms with van der Waals surface area (Å²) in [7, 11) is -3.69. The predicted molar refractivity (Wildman–Crippen MR) is 73.3 cm³/mol. The van der Waals surface area contributed by atoms with E-state index in [9.17, 15) is 8.42 Å². The van der Waals surface area contributed by atoms with Crippen LogP contribution in [0.15, 0.2) is 41.6 Å². The summed E-state index contributed by atoms with van der Waals surface area (Å²) in [6.45, 7) is 1.75.